The molecule has 3 atom stereocenters. The quantitative estimate of drug-likeness (QED) is 0.283. The van der Waals surface area contributed by atoms with Gasteiger partial charge in [-0.15, -0.1) is 0 Å². The number of nitrogens with zero attached hydrogens (tertiary/aromatic N) is 1. The number of hydrogen-bond donors (Lipinski definition) is 1. The van der Waals surface area contributed by atoms with E-state index in [9.17, 15) is 0 Å². The Bertz CT molecular complexity index is 1620. The Morgan fingerprint density at radius 2 is 1.73 bits per heavy atom. The molecule has 3 unspecified atom stereocenters. The van der Waals surface area contributed by atoms with E-state index in [-0.39, 0.29) is 11.0 Å². The van der Waals surface area contributed by atoms with Gasteiger partial charge in [0.25, 0.3) is 0 Å². The number of rotatable bonds is 4. The normalized spacial score (nSPS) is 25.1. The largest absolute Gasteiger partial charge is 0.381 e. The summed E-state index contributed by atoms with van der Waals surface area (Å²) < 4.78 is 2.75. The smallest absolute Gasteiger partial charge is 0.0536 e. The molecule has 1 aliphatic heterocycles. The molecular formula is C35H40N2. The van der Waals surface area contributed by atoms with Crippen LogP contribution < -0.4 is 5.32 Å². The third-order valence-electron chi connectivity index (χ3n) is 10.0. The van der Waals surface area contributed by atoms with Gasteiger partial charge in [-0.05, 0) is 79.8 Å². The van der Waals surface area contributed by atoms with Crippen molar-refractivity contribution in [1.29, 1.82) is 0 Å². The van der Waals surface area contributed by atoms with Gasteiger partial charge in [0.15, 0.2) is 0 Å². The number of para-hydroxylation sites is 1. The summed E-state index contributed by atoms with van der Waals surface area (Å²) >= 11 is 0. The molecule has 0 radical (unpaired) electrons. The van der Waals surface area contributed by atoms with Crippen LogP contribution in [-0.2, 0) is 12.1 Å². The first-order valence-corrected chi connectivity index (χ1v) is 13.9. The van der Waals surface area contributed by atoms with Crippen LogP contribution >= 0.6 is 0 Å². The summed E-state index contributed by atoms with van der Waals surface area (Å²) in [7, 11) is 0. The first kappa shape index (κ1) is 24.1. The number of hydrogen-bond acceptors (Lipinski definition) is 1. The highest BCUT2D eigenvalue weighted by Crippen LogP contribution is 2.60. The van der Waals surface area contributed by atoms with Crippen molar-refractivity contribution in [2.75, 3.05) is 0 Å². The highest BCUT2D eigenvalue weighted by Gasteiger charge is 2.54. The summed E-state index contributed by atoms with van der Waals surface area (Å²) in [5.74, 6) is 0.640. The summed E-state index contributed by atoms with van der Waals surface area (Å²) in [5, 5.41) is 6.38. The fourth-order valence-electron chi connectivity index (χ4n) is 8.12. The Balaban J connectivity index is 1.84. The van der Waals surface area contributed by atoms with Crippen molar-refractivity contribution in [3.63, 3.8) is 0 Å². The number of fused-ring (bicyclic) bond motifs is 5. The maximum absolute atomic E-state index is 4.66. The van der Waals surface area contributed by atoms with Crippen molar-refractivity contribution in [3.05, 3.63) is 89.5 Å². The van der Waals surface area contributed by atoms with Crippen molar-refractivity contribution >= 4 is 27.5 Å². The number of nitrogens with one attached hydrogen (secondary N) is 1. The van der Waals surface area contributed by atoms with E-state index >= 15 is 0 Å². The number of benzene rings is 3. The van der Waals surface area contributed by atoms with Crippen molar-refractivity contribution in [1.82, 2.24) is 9.88 Å². The van der Waals surface area contributed by atoms with Crippen LogP contribution in [0.4, 0.5) is 0 Å². The standard InChI is InChI=1S/C35H40N2/c1-9-23(4)34(7)18-21(2)19-35(34,8)37-29-17-13-12-16-27(29)32-28-20-36-25(6)31(28)30(24(5)33(32)37)26-15-11-10-14-22(26)3/h10-17,21,36H,4,6,9,18-20H2,1-3,5,7-8H3. The zero-order valence-electron chi connectivity index (χ0n) is 23.4. The maximum atomic E-state index is 4.66. The minimum absolute atomic E-state index is 0.0199. The van der Waals surface area contributed by atoms with Crippen molar-refractivity contribution in [3.8, 4) is 11.1 Å². The topological polar surface area (TPSA) is 17.0 Å². The van der Waals surface area contributed by atoms with Gasteiger partial charge in [-0.25, -0.2) is 0 Å². The average Bonchev–Trinajstić information content (AvgIpc) is 3.50. The maximum Gasteiger partial charge on any atom is 0.0536 e. The number of aryl methyl sites for hydroxylation is 2. The molecule has 2 heterocycles. The summed E-state index contributed by atoms with van der Waals surface area (Å²) in [6, 6.07) is 17.9. The molecule has 0 bridgehead atoms. The van der Waals surface area contributed by atoms with E-state index in [4.69, 9.17) is 0 Å². The van der Waals surface area contributed by atoms with Crippen molar-refractivity contribution in [2.45, 2.75) is 72.9 Å². The molecule has 1 N–H and O–H groups in total. The summed E-state index contributed by atoms with van der Waals surface area (Å²) in [6.07, 6.45) is 3.34. The molecule has 6 rings (SSSR count). The first-order chi connectivity index (χ1) is 17.6. The van der Waals surface area contributed by atoms with Crippen LogP contribution in [0.2, 0.25) is 0 Å². The van der Waals surface area contributed by atoms with E-state index in [0.29, 0.717) is 5.92 Å². The molecule has 1 aliphatic carbocycles. The number of aromatic nitrogens is 1. The van der Waals surface area contributed by atoms with E-state index in [1.54, 1.807) is 0 Å². The third-order valence-corrected chi connectivity index (χ3v) is 10.0. The molecule has 0 saturated heterocycles. The van der Waals surface area contributed by atoms with E-state index in [1.807, 2.05) is 0 Å². The molecule has 2 aliphatic rings. The van der Waals surface area contributed by atoms with E-state index < -0.39 is 0 Å². The fraction of sp³-hybridized carbons (Fsp3) is 0.371. The second-order valence-electron chi connectivity index (χ2n) is 12.2. The molecule has 190 valence electrons. The van der Waals surface area contributed by atoms with Crippen LogP contribution in [0.3, 0.4) is 0 Å². The summed E-state index contributed by atoms with van der Waals surface area (Å²) in [6.45, 7) is 24.2. The lowest BCUT2D eigenvalue weighted by molar-refractivity contribution is 0.166. The Labute approximate surface area is 222 Å². The molecule has 4 aromatic rings. The predicted octanol–water partition coefficient (Wildman–Crippen LogP) is 9.27. The Kier molecular flexibility index (Phi) is 5.29. The Hall–Kier alpha value is -3.26. The lowest BCUT2D eigenvalue weighted by Gasteiger charge is -2.45. The van der Waals surface area contributed by atoms with Gasteiger partial charge in [-0.1, -0.05) is 82.0 Å². The van der Waals surface area contributed by atoms with Gasteiger partial charge in [-0.2, -0.15) is 0 Å². The van der Waals surface area contributed by atoms with Crippen LogP contribution in [0.15, 0.2) is 67.3 Å². The number of allylic oxidation sites excluding steroid dienone is 1. The Morgan fingerprint density at radius 1 is 1.03 bits per heavy atom. The van der Waals surface area contributed by atoms with Gasteiger partial charge in [0.2, 0.25) is 0 Å². The first-order valence-electron chi connectivity index (χ1n) is 13.9. The molecule has 0 amide bonds. The molecule has 2 nitrogen and oxygen atoms in total. The van der Waals surface area contributed by atoms with Gasteiger partial charge in [0.05, 0.1) is 11.1 Å². The molecule has 1 fully saturated rings. The van der Waals surface area contributed by atoms with Crippen molar-refractivity contribution < 1.29 is 0 Å². The molecular weight excluding hydrogens is 448 g/mol. The van der Waals surface area contributed by atoms with Gasteiger partial charge < -0.3 is 9.88 Å². The molecule has 0 spiro atoms. The zero-order chi connectivity index (χ0) is 26.3. The van der Waals surface area contributed by atoms with E-state index in [1.165, 1.54) is 67.2 Å². The lowest BCUT2D eigenvalue weighted by Crippen LogP contribution is -2.43. The van der Waals surface area contributed by atoms with Gasteiger partial charge in [0.1, 0.15) is 0 Å². The summed E-state index contributed by atoms with van der Waals surface area (Å²) in [4.78, 5) is 0. The third kappa shape index (κ3) is 3.05. The molecule has 1 aromatic heterocycles. The van der Waals surface area contributed by atoms with Crippen LogP contribution in [0.1, 0.15) is 69.2 Å². The highest BCUT2D eigenvalue weighted by molar-refractivity contribution is 6.15. The second kappa shape index (κ2) is 8.12. The van der Waals surface area contributed by atoms with Crippen LogP contribution in [0.5, 0.6) is 0 Å². The minimum atomic E-state index is -0.0775. The van der Waals surface area contributed by atoms with E-state index in [2.05, 4.69) is 113 Å². The molecule has 2 heteroatoms. The lowest BCUT2D eigenvalue weighted by atomic mass is 9.68. The van der Waals surface area contributed by atoms with Gasteiger partial charge in [-0.3, -0.25) is 0 Å². The molecule has 3 aromatic carbocycles. The van der Waals surface area contributed by atoms with Gasteiger partial charge >= 0.3 is 0 Å². The van der Waals surface area contributed by atoms with Crippen LogP contribution in [-0.4, -0.2) is 4.57 Å². The van der Waals surface area contributed by atoms with Crippen molar-refractivity contribution in [2.24, 2.45) is 11.3 Å². The Morgan fingerprint density at radius 3 is 2.46 bits per heavy atom. The van der Waals surface area contributed by atoms with Crippen LogP contribution in [0.25, 0.3) is 38.6 Å². The molecule has 37 heavy (non-hydrogen) atoms. The fourth-order valence-corrected chi connectivity index (χ4v) is 8.12. The van der Waals surface area contributed by atoms with E-state index in [0.717, 1.165) is 25.1 Å². The zero-order valence-corrected chi connectivity index (χ0v) is 23.4. The van der Waals surface area contributed by atoms with Crippen LogP contribution in [0, 0.1) is 25.2 Å². The minimum Gasteiger partial charge on any atom is -0.381 e. The van der Waals surface area contributed by atoms with Gasteiger partial charge in [0, 0.05) is 39.5 Å². The second-order valence-corrected chi connectivity index (χ2v) is 12.2. The molecule has 1 saturated carbocycles. The highest BCUT2D eigenvalue weighted by atomic mass is 15.1. The average molecular weight is 489 g/mol. The monoisotopic (exact) mass is 488 g/mol. The summed E-state index contributed by atoms with van der Waals surface area (Å²) in [5.41, 5.74) is 13.1. The SMILES string of the molecule is C=C1NCc2c1c(-c1ccccc1C)c(C)c1c2c2ccccc2n1C1(C)CC(C)CC1(C)C(=C)CC. The predicted molar refractivity (Wildman–Crippen MR) is 160 cm³/mol.